The van der Waals surface area contributed by atoms with Gasteiger partial charge in [-0.15, -0.1) is 11.8 Å². The van der Waals surface area contributed by atoms with E-state index in [1.165, 1.54) is 0 Å². The molecular weight excluding hydrogens is 72.1 g/mol. The van der Waals surface area contributed by atoms with E-state index in [-0.39, 0.29) is 5.94 Å². The van der Waals surface area contributed by atoms with E-state index >= 15 is 0 Å². The van der Waals surface area contributed by atoms with Crippen LogP contribution in [0.1, 0.15) is 0 Å². The molecular formula is C2H5OS. The molecule has 0 saturated carbocycles. The van der Waals surface area contributed by atoms with Crippen molar-refractivity contribution < 1.29 is 5.11 Å². The average molecular weight is 77.1 g/mol. The molecule has 1 N–H and O–H groups in total. The molecule has 0 aromatic carbocycles. The van der Waals surface area contributed by atoms with Crippen molar-refractivity contribution >= 4 is 11.8 Å². The minimum absolute atomic E-state index is 0.125. The van der Waals surface area contributed by atoms with Crippen LogP contribution >= 0.6 is 11.8 Å². The number of aliphatic hydroxyl groups excluding tert-OH is 1. The molecule has 0 fully saturated rings. The molecule has 0 unspecified atom stereocenters. The van der Waals surface area contributed by atoms with Crippen LogP contribution < -0.4 is 0 Å². The van der Waals surface area contributed by atoms with Gasteiger partial charge in [-0.2, -0.15) is 0 Å². The van der Waals surface area contributed by atoms with Crippen LogP contribution in [0.4, 0.5) is 0 Å². The van der Waals surface area contributed by atoms with Crippen molar-refractivity contribution in [2.75, 3.05) is 5.94 Å². The highest BCUT2D eigenvalue weighted by molar-refractivity contribution is 8.00. The topological polar surface area (TPSA) is 20.2 Å². The van der Waals surface area contributed by atoms with Gasteiger partial charge in [0.05, 0.1) is 5.94 Å². The maximum Gasteiger partial charge on any atom is 0.0886 e. The minimum Gasteiger partial charge on any atom is -0.386 e. The summed E-state index contributed by atoms with van der Waals surface area (Å²) in [7, 11) is 0. The number of rotatable bonds is 1. The Morgan fingerprint density at radius 2 is 2.25 bits per heavy atom. The van der Waals surface area contributed by atoms with E-state index in [9.17, 15) is 0 Å². The molecule has 0 spiro atoms. The predicted octanol–water partition coefficient (Wildman–Crippen LogP) is 0.461. The van der Waals surface area contributed by atoms with Gasteiger partial charge in [0.25, 0.3) is 0 Å². The van der Waals surface area contributed by atoms with Crippen LogP contribution in [0, 0.1) is 6.26 Å². The Balaban J connectivity index is 1.97. The Morgan fingerprint density at radius 1 is 2.00 bits per heavy atom. The molecule has 0 aliphatic rings. The van der Waals surface area contributed by atoms with E-state index in [0.717, 1.165) is 11.8 Å². The molecule has 0 aliphatic carbocycles. The molecule has 0 atom stereocenters. The lowest BCUT2D eigenvalue weighted by Crippen LogP contribution is -1.59. The standard InChI is InChI=1S/C2H5OS/c1-4-2-3/h3H,1-2H2. The van der Waals surface area contributed by atoms with Gasteiger partial charge < -0.3 is 5.11 Å². The molecule has 1 nitrogen and oxygen atoms in total. The van der Waals surface area contributed by atoms with Crippen LogP contribution in [-0.4, -0.2) is 11.0 Å². The van der Waals surface area contributed by atoms with Crippen LogP contribution in [0.3, 0.4) is 0 Å². The monoisotopic (exact) mass is 77.0 g/mol. The third kappa shape index (κ3) is 2.31. The maximum absolute atomic E-state index is 7.78. The van der Waals surface area contributed by atoms with E-state index in [1.807, 2.05) is 0 Å². The fraction of sp³-hybridized carbons (Fsp3) is 0.500. The molecule has 0 amide bonds. The molecule has 0 rings (SSSR count). The summed E-state index contributed by atoms with van der Waals surface area (Å²) in [6, 6.07) is 0. The molecule has 0 aromatic rings. The second kappa shape index (κ2) is 3.31. The van der Waals surface area contributed by atoms with E-state index in [1.54, 1.807) is 0 Å². The molecule has 0 heterocycles. The van der Waals surface area contributed by atoms with Gasteiger partial charge in [0.2, 0.25) is 0 Å². The number of hydrogen-bond acceptors (Lipinski definition) is 2. The van der Waals surface area contributed by atoms with Crippen molar-refractivity contribution in [2.45, 2.75) is 0 Å². The summed E-state index contributed by atoms with van der Waals surface area (Å²) in [6.45, 7) is 0. The Morgan fingerprint density at radius 3 is 2.25 bits per heavy atom. The molecule has 4 heavy (non-hydrogen) atoms. The Bertz CT molecular complexity index is 8.00. The summed E-state index contributed by atoms with van der Waals surface area (Å²) in [5, 5.41) is 7.78. The fourth-order valence-electron chi connectivity index (χ4n) is 0. The number of aliphatic hydroxyl groups is 1. The largest absolute Gasteiger partial charge is 0.386 e. The third-order valence-electron chi connectivity index (χ3n) is 0.0913. The van der Waals surface area contributed by atoms with Crippen molar-refractivity contribution in [1.29, 1.82) is 0 Å². The normalized spacial score (nSPS) is 7.50. The first kappa shape index (κ1) is 4.31. The summed E-state index contributed by atoms with van der Waals surface area (Å²) in [5.74, 6) is 0.125. The first-order valence-corrected chi connectivity index (χ1v) is 2.05. The average Bonchev–Trinajstić information content (AvgIpc) is 1.37. The molecule has 2 heteroatoms. The zero-order valence-electron chi connectivity index (χ0n) is 2.27. The SMILES string of the molecule is [CH2]SCO. The van der Waals surface area contributed by atoms with Crippen LogP contribution in [0.5, 0.6) is 0 Å². The van der Waals surface area contributed by atoms with Gasteiger partial charge >= 0.3 is 0 Å². The molecule has 0 bridgehead atoms. The van der Waals surface area contributed by atoms with Gasteiger partial charge in [-0.1, -0.05) is 0 Å². The molecule has 25 valence electrons. The lowest BCUT2D eigenvalue weighted by Gasteiger charge is -1.70. The second-order valence-electron chi connectivity index (χ2n) is 0.333. The summed E-state index contributed by atoms with van der Waals surface area (Å²) in [5.41, 5.74) is 0. The van der Waals surface area contributed by atoms with Gasteiger partial charge in [0, 0.05) is 6.26 Å². The second-order valence-corrected chi connectivity index (χ2v) is 1.000. The minimum atomic E-state index is 0.125. The zero-order chi connectivity index (χ0) is 3.41. The van der Waals surface area contributed by atoms with Gasteiger partial charge in [0.15, 0.2) is 0 Å². The van der Waals surface area contributed by atoms with Crippen LogP contribution in [0.25, 0.3) is 0 Å². The molecule has 0 aliphatic heterocycles. The van der Waals surface area contributed by atoms with Gasteiger partial charge in [-0.3, -0.25) is 0 Å². The number of hydrogen-bond donors (Lipinski definition) is 1. The van der Waals surface area contributed by atoms with Crippen LogP contribution in [0.15, 0.2) is 0 Å². The van der Waals surface area contributed by atoms with Crippen molar-refractivity contribution in [1.82, 2.24) is 0 Å². The first-order chi connectivity index (χ1) is 1.91. The summed E-state index contributed by atoms with van der Waals surface area (Å²) in [6.07, 6.45) is 3.27. The molecule has 0 saturated heterocycles. The van der Waals surface area contributed by atoms with Gasteiger partial charge in [-0.25, -0.2) is 0 Å². The first-order valence-electron chi connectivity index (χ1n) is 0.894. The fourth-order valence-corrected chi connectivity index (χ4v) is 0. The van der Waals surface area contributed by atoms with Crippen molar-refractivity contribution in [3.8, 4) is 0 Å². The predicted molar refractivity (Wildman–Crippen MR) is 20.0 cm³/mol. The summed E-state index contributed by atoms with van der Waals surface area (Å²) < 4.78 is 0. The van der Waals surface area contributed by atoms with E-state index in [0.29, 0.717) is 0 Å². The van der Waals surface area contributed by atoms with E-state index in [4.69, 9.17) is 5.11 Å². The third-order valence-corrected chi connectivity index (χ3v) is 0.274. The summed E-state index contributed by atoms with van der Waals surface area (Å²) in [4.78, 5) is 0. The zero-order valence-corrected chi connectivity index (χ0v) is 3.09. The Hall–Kier alpha value is 0.310. The van der Waals surface area contributed by atoms with Gasteiger partial charge in [0.1, 0.15) is 0 Å². The van der Waals surface area contributed by atoms with Crippen molar-refractivity contribution in [3.05, 3.63) is 6.26 Å². The Labute approximate surface area is 30.0 Å². The summed E-state index contributed by atoms with van der Waals surface area (Å²) >= 11 is 1.16. The molecule has 0 aromatic heterocycles. The smallest absolute Gasteiger partial charge is 0.0886 e. The van der Waals surface area contributed by atoms with E-state index in [2.05, 4.69) is 6.26 Å². The highest BCUT2D eigenvalue weighted by Gasteiger charge is 1.56. The lowest BCUT2D eigenvalue weighted by atomic mass is 11.7. The molecule has 1 radical (unpaired) electrons. The van der Waals surface area contributed by atoms with Crippen LogP contribution in [-0.2, 0) is 0 Å². The van der Waals surface area contributed by atoms with E-state index < -0.39 is 0 Å². The highest BCUT2D eigenvalue weighted by Crippen LogP contribution is 1.85. The Kier molecular flexibility index (Phi) is 3.57. The number of thioether (sulfide) groups is 1. The lowest BCUT2D eigenvalue weighted by molar-refractivity contribution is 0.376. The quantitative estimate of drug-likeness (QED) is 0.459. The highest BCUT2D eigenvalue weighted by atomic mass is 32.2. The van der Waals surface area contributed by atoms with Crippen molar-refractivity contribution in [3.63, 3.8) is 0 Å². The maximum atomic E-state index is 7.78. The van der Waals surface area contributed by atoms with Crippen molar-refractivity contribution in [2.24, 2.45) is 0 Å². The van der Waals surface area contributed by atoms with Crippen LogP contribution in [0.2, 0.25) is 0 Å². The van der Waals surface area contributed by atoms with Gasteiger partial charge in [-0.05, 0) is 0 Å².